The number of likely N-dealkylation sites (tertiary alicyclic amines) is 1. The van der Waals surface area contributed by atoms with Crippen LogP contribution in [-0.4, -0.2) is 75.9 Å². The van der Waals surface area contributed by atoms with E-state index in [1.165, 1.54) is 32.6 Å². The summed E-state index contributed by atoms with van der Waals surface area (Å²) in [4.78, 5) is 4.91. The van der Waals surface area contributed by atoms with Gasteiger partial charge < -0.3 is 15.0 Å². The maximum Gasteiger partial charge on any atom is 0.0594 e. The molecular formula is C12H25N3O. The van der Waals surface area contributed by atoms with E-state index in [9.17, 15) is 0 Å². The van der Waals surface area contributed by atoms with Gasteiger partial charge in [-0.3, -0.25) is 4.90 Å². The first kappa shape index (κ1) is 12.3. The van der Waals surface area contributed by atoms with Crippen LogP contribution in [0.2, 0.25) is 0 Å². The molecule has 0 amide bonds. The van der Waals surface area contributed by atoms with Crippen LogP contribution < -0.4 is 5.32 Å². The van der Waals surface area contributed by atoms with E-state index in [0.717, 1.165) is 38.8 Å². The molecule has 0 bridgehead atoms. The van der Waals surface area contributed by atoms with E-state index in [1.807, 2.05) is 0 Å². The number of morpholine rings is 1. The van der Waals surface area contributed by atoms with E-state index in [1.54, 1.807) is 0 Å². The van der Waals surface area contributed by atoms with Crippen LogP contribution in [0.15, 0.2) is 0 Å². The molecule has 2 aliphatic heterocycles. The van der Waals surface area contributed by atoms with Gasteiger partial charge >= 0.3 is 0 Å². The molecule has 0 aliphatic carbocycles. The monoisotopic (exact) mass is 227 g/mol. The van der Waals surface area contributed by atoms with E-state index in [4.69, 9.17) is 4.74 Å². The number of nitrogens with zero attached hydrogens (tertiary/aromatic N) is 2. The minimum Gasteiger partial charge on any atom is -0.379 e. The molecule has 16 heavy (non-hydrogen) atoms. The highest BCUT2D eigenvalue weighted by atomic mass is 16.5. The van der Waals surface area contributed by atoms with Crippen molar-refractivity contribution in [2.75, 3.05) is 66.1 Å². The van der Waals surface area contributed by atoms with Crippen molar-refractivity contribution in [2.24, 2.45) is 5.92 Å². The summed E-state index contributed by atoms with van der Waals surface area (Å²) in [5.74, 6) is 0.870. The van der Waals surface area contributed by atoms with Crippen LogP contribution in [0.5, 0.6) is 0 Å². The first-order valence-corrected chi connectivity index (χ1v) is 6.54. The molecule has 0 radical (unpaired) electrons. The van der Waals surface area contributed by atoms with E-state index in [0.29, 0.717) is 0 Å². The molecule has 2 heterocycles. The number of hydrogen-bond donors (Lipinski definition) is 1. The second-order valence-electron chi connectivity index (χ2n) is 5.08. The molecule has 0 spiro atoms. The van der Waals surface area contributed by atoms with Gasteiger partial charge in [0.25, 0.3) is 0 Å². The highest BCUT2D eigenvalue weighted by molar-refractivity contribution is 4.75. The zero-order valence-corrected chi connectivity index (χ0v) is 10.5. The number of hydrogen-bond acceptors (Lipinski definition) is 4. The van der Waals surface area contributed by atoms with Crippen molar-refractivity contribution < 1.29 is 4.74 Å². The van der Waals surface area contributed by atoms with Gasteiger partial charge in [-0.15, -0.1) is 0 Å². The molecule has 2 aliphatic rings. The second-order valence-corrected chi connectivity index (χ2v) is 5.08. The van der Waals surface area contributed by atoms with Crippen molar-refractivity contribution >= 4 is 0 Å². The van der Waals surface area contributed by atoms with Crippen LogP contribution in [0.25, 0.3) is 0 Å². The summed E-state index contributed by atoms with van der Waals surface area (Å²) in [6.45, 7) is 10.1. The third kappa shape index (κ3) is 4.01. The van der Waals surface area contributed by atoms with Crippen LogP contribution in [0.4, 0.5) is 0 Å². The topological polar surface area (TPSA) is 27.7 Å². The predicted molar refractivity (Wildman–Crippen MR) is 65.7 cm³/mol. The second kappa shape index (κ2) is 6.55. The Balaban J connectivity index is 1.48. The Hall–Kier alpha value is -0.160. The van der Waals surface area contributed by atoms with Crippen LogP contribution in [0.3, 0.4) is 0 Å². The molecule has 0 aromatic rings. The molecule has 0 aromatic carbocycles. The molecule has 1 atom stereocenters. The summed E-state index contributed by atoms with van der Waals surface area (Å²) in [7, 11) is 2.22. The van der Waals surface area contributed by atoms with Gasteiger partial charge in [-0.1, -0.05) is 0 Å². The Morgan fingerprint density at radius 3 is 2.75 bits per heavy atom. The summed E-state index contributed by atoms with van der Waals surface area (Å²) < 4.78 is 5.33. The third-order valence-electron chi connectivity index (χ3n) is 3.63. The first-order valence-electron chi connectivity index (χ1n) is 6.54. The lowest BCUT2D eigenvalue weighted by Gasteiger charge is -2.26. The lowest BCUT2D eigenvalue weighted by Crippen LogP contribution is -2.41. The van der Waals surface area contributed by atoms with Crippen LogP contribution >= 0.6 is 0 Å². The third-order valence-corrected chi connectivity index (χ3v) is 3.63. The van der Waals surface area contributed by atoms with Crippen molar-refractivity contribution in [3.05, 3.63) is 0 Å². The Morgan fingerprint density at radius 1 is 1.25 bits per heavy atom. The average Bonchev–Trinajstić information content (AvgIpc) is 2.72. The maximum atomic E-state index is 5.33. The van der Waals surface area contributed by atoms with E-state index in [-0.39, 0.29) is 0 Å². The van der Waals surface area contributed by atoms with E-state index in [2.05, 4.69) is 22.2 Å². The molecule has 2 rings (SSSR count). The summed E-state index contributed by atoms with van der Waals surface area (Å²) >= 11 is 0. The molecule has 94 valence electrons. The molecule has 1 unspecified atom stereocenters. The quantitative estimate of drug-likeness (QED) is 0.662. The van der Waals surface area contributed by atoms with Crippen LogP contribution in [-0.2, 0) is 4.74 Å². The van der Waals surface area contributed by atoms with Gasteiger partial charge in [-0.2, -0.15) is 0 Å². The zero-order chi connectivity index (χ0) is 11.2. The minimum absolute atomic E-state index is 0.870. The van der Waals surface area contributed by atoms with Crippen LogP contribution in [0.1, 0.15) is 6.42 Å². The fraction of sp³-hybridized carbons (Fsp3) is 1.00. The average molecular weight is 227 g/mol. The number of nitrogens with one attached hydrogen (secondary N) is 1. The Bertz CT molecular complexity index is 188. The Labute approximate surface area is 98.9 Å². The fourth-order valence-electron chi connectivity index (χ4n) is 2.56. The van der Waals surface area contributed by atoms with Crippen molar-refractivity contribution in [1.82, 2.24) is 15.1 Å². The highest BCUT2D eigenvalue weighted by Crippen LogP contribution is 2.12. The lowest BCUT2D eigenvalue weighted by molar-refractivity contribution is 0.0383. The summed E-state index contributed by atoms with van der Waals surface area (Å²) in [5.41, 5.74) is 0. The lowest BCUT2D eigenvalue weighted by atomic mass is 10.1. The normalized spacial score (nSPS) is 28.7. The van der Waals surface area contributed by atoms with Gasteiger partial charge in [-0.25, -0.2) is 0 Å². The molecule has 0 aromatic heterocycles. The number of ether oxygens (including phenoxy) is 1. The summed E-state index contributed by atoms with van der Waals surface area (Å²) in [6.07, 6.45) is 1.36. The molecule has 0 saturated carbocycles. The number of rotatable bonds is 5. The van der Waals surface area contributed by atoms with E-state index >= 15 is 0 Å². The van der Waals surface area contributed by atoms with Crippen molar-refractivity contribution in [3.8, 4) is 0 Å². The van der Waals surface area contributed by atoms with Gasteiger partial charge in [0.2, 0.25) is 0 Å². The minimum atomic E-state index is 0.870. The largest absolute Gasteiger partial charge is 0.379 e. The van der Waals surface area contributed by atoms with Crippen molar-refractivity contribution in [3.63, 3.8) is 0 Å². The summed E-state index contributed by atoms with van der Waals surface area (Å²) in [6, 6.07) is 0. The van der Waals surface area contributed by atoms with Crippen molar-refractivity contribution in [2.45, 2.75) is 6.42 Å². The van der Waals surface area contributed by atoms with Gasteiger partial charge in [-0.05, 0) is 32.5 Å². The first-order chi connectivity index (χ1) is 7.84. The van der Waals surface area contributed by atoms with Crippen molar-refractivity contribution in [1.29, 1.82) is 0 Å². The SMILES string of the molecule is CN1CCC(CNCCN2CCOCC2)C1. The smallest absolute Gasteiger partial charge is 0.0594 e. The molecule has 4 heteroatoms. The Kier molecular flexibility index (Phi) is 5.03. The molecule has 2 saturated heterocycles. The summed E-state index contributed by atoms with van der Waals surface area (Å²) in [5, 5.41) is 3.59. The standard InChI is InChI=1S/C12H25N3O/c1-14-4-2-12(11-14)10-13-3-5-15-6-8-16-9-7-15/h12-13H,2-11H2,1H3. The zero-order valence-electron chi connectivity index (χ0n) is 10.5. The Morgan fingerprint density at radius 2 is 2.06 bits per heavy atom. The fourth-order valence-corrected chi connectivity index (χ4v) is 2.56. The molecule has 4 nitrogen and oxygen atoms in total. The predicted octanol–water partition coefficient (Wildman–Crippen LogP) is -0.140. The molecule has 2 fully saturated rings. The molecular weight excluding hydrogens is 202 g/mol. The highest BCUT2D eigenvalue weighted by Gasteiger charge is 2.18. The van der Waals surface area contributed by atoms with Crippen LogP contribution in [0, 0.1) is 5.92 Å². The maximum absolute atomic E-state index is 5.33. The van der Waals surface area contributed by atoms with Gasteiger partial charge in [0.15, 0.2) is 0 Å². The van der Waals surface area contributed by atoms with Gasteiger partial charge in [0, 0.05) is 32.7 Å². The van der Waals surface area contributed by atoms with E-state index < -0.39 is 0 Å². The van der Waals surface area contributed by atoms with Gasteiger partial charge in [0.05, 0.1) is 13.2 Å². The molecule has 1 N–H and O–H groups in total. The van der Waals surface area contributed by atoms with Gasteiger partial charge in [0.1, 0.15) is 0 Å².